The molecule has 0 spiro atoms. The zero-order valence-corrected chi connectivity index (χ0v) is 7.61. The van der Waals surface area contributed by atoms with E-state index in [4.69, 9.17) is 15.3 Å². The highest BCUT2D eigenvalue weighted by molar-refractivity contribution is 5.85. The summed E-state index contributed by atoms with van der Waals surface area (Å²) < 4.78 is 0. The number of aliphatic hydroxyl groups is 5. The maximum absolute atomic E-state index is 9.47. The molecule has 0 amide bonds. The van der Waals surface area contributed by atoms with Crippen LogP contribution in [0.5, 0.6) is 0 Å². The first kappa shape index (κ1) is 13.1. The van der Waals surface area contributed by atoms with E-state index in [1.807, 2.05) is 0 Å². The molecule has 7 heteroatoms. The molecule has 0 aromatic heterocycles. The Kier molecular flexibility index (Phi) is 4.53. The molecule has 0 bridgehead atoms. The number of nitrogens with one attached hydrogen (secondary N) is 1. The van der Waals surface area contributed by atoms with Crippen molar-refractivity contribution in [3.63, 3.8) is 0 Å². The van der Waals surface area contributed by atoms with Gasteiger partial charge in [-0.3, -0.25) is 5.32 Å². The van der Waals surface area contributed by atoms with Gasteiger partial charge in [-0.15, -0.1) is 12.4 Å². The van der Waals surface area contributed by atoms with Crippen molar-refractivity contribution in [2.75, 3.05) is 6.61 Å². The lowest BCUT2D eigenvalue weighted by Gasteiger charge is -2.30. The molecule has 4 atom stereocenters. The van der Waals surface area contributed by atoms with Crippen molar-refractivity contribution in [2.45, 2.75) is 30.6 Å². The van der Waals surface area contributed by atoms with E-state index in [-0.39, 0.29) is 18.8 Å². The van der Waals surface area contributed by atoms with E-state index in [1.165, 1.54) is 0 Å². The van der Waals surface area contributed by atoms with Gasteiger partial charge in [0.25, 0.3) is 0 Å². The second-order valence-electron chi connectivity index (χ2n) is 2.94. The minimum Gasteiger partial charge on any atom is -0.394 e. The van der Waals surface area contributed by atoms with Crippen LogP contribution in [0.4, 0.5) is 0 Å². The van der Waals surface area contributed by atoms with Crippen LogP contribution in [0.3, 0.4) is 0 Å². The van der Waals surface area contributed by atoms with Gasteiger partial charge in [0.1, 0.15) is 18.4 Å². The number of rotatable bonds is 2. The van der Waals surface area contributed by atoms with Gasteiger partial charge in [-0.1, -0.05) is 0 Å². The van der Waals surface area contributed by atoms with Crippen molar-refractivity contribution >= 4 is 12.4 Å². The van der Waals surface area contributed by atoms with Crippen LogP contribution in [0.2, 0.25) is 0 Å². The molecule has 1 unspecified atom stereocenters. The summed E-state index contributed by atoms with van der Waals surface area (Å²) in [5, 5.41) is 47.4. The summed E-state index contributed by atoms with van der Waals surface area (Å²) in [4.78, 5) is 0. The molecule has 1 fully saturated rings. The SMILES string of the molecule is Cl.OC[C@H](O)[C@@]1(O)NC(O)C[C@H]1O. The Morgan fingerprint density at radius 1 is 1.46 bits per heavy atom. The monoisotopic (exact) mass is 215 g/mol. The molecule has 1 aliphatic rings. The van der Waals surface area contributed by atoms with E-state index in [9.17, 15) is 10.2 Å². The first-order valence-corrected chi connectivity index (χ1v) is 3.66. The van der Waals surface area contributed by atoms with Gasteiger partial charge < -0.3 is 25.5 Å². The van der Waals surface area contributed by atoms with Crippen molar-refractivity contribution < 1.29 is 25.5 Å². The molecule has 0 aliphatic carbocycles. The topological polar surface area (TPSA) is 113 Å². The number of aliphatic hydroxyl groups excluding tert-OH is 4. The Balaban J connectivity index is 0.00000144. The third kappa shape index (κ3) is 2.29. The Bertz CT molecular complexity index is 165. The van der Waals surface area contributed by atoms with Gasteiger partial charge in [0.15, 0.2) is 5.72 Å². The molecule has 0 radical (unpaired) electrons. The number of hydrogen-bond donors (Lipinski definition) is 6. The summed E-state index contributed by atoms with van der Waals surface area (Å²) in [6.07, 6.45) is -3.93. The molecular weight excluding hydrogens is 202 g/mol. The first-order valence-electron chi connectivity index (χ1n) is 3.66. The summed E-state index contributed by atoms with van der Waals surface area (Å²) in [7, 11) is 0. The zero-order valence-electron chi connectivity index (χ0n) is 6.79. The Morgan fingerprint density at radius 3 is 2.31 bits per heavy atom. The van der Waals surface area contributed by atoms with Crippen LogP contribution >= 0.6 is 12.4 Å². The molecule has 1 heterocycles. The zero-order chi connectivity index (χ0) is 9.35. The summed E-state index contributed by atoms with van der Waals surface area (Å²) in [5.74, 6) is 0. The standard InChI is InChI=1S/C6H13NO5.ClH/c8-2-4(10)6(12)3(9)1-5(11)7-6;/h3-5,7-12H,1-2H2;1H/t3-,4+,5?,6-;/m1./s1. The predicted molar refractivity (Wildman–Crippen MR) is 45.1 cm³/mol. The highest BCUT2D eigenvalue weighted by atomic mass is 35.5. The van der Waals surface area contributed by atoms with E-state index in [0.717, 1.165) is 0 Å². The summed E-state index contributed by atoms with van der Waals surface area (Å²) in [6, 6.07) is 0. The van der Waals surface area contributed by atoms with Crippen LogP contribution in [0, 0.1) is 0 Å². The second-order valence-corrected chi connectivity index (χ2v) is 2.94. The van der Waals surface area contributed by atoms with Gasteiger partial charge in [0.05, 0.1) is 6.61 Å². The van der Waals surface area contributed by atoms with Crippen LogP contribution in [0.1, 0.15) is 6.42 Å². The summed E-state index contributed by atoms with van der Waals surface area (Å²) in [5.41, 5.74) is -2.01. The van der Waals surface area contributed by atoms with Crippen LogP contribution in [0.25, 0.3) is 0 Å². The number of halogens is 1. The molecule has 0 aromatic carbocycles. The molecule has 13 heavy (non-hydrogen) atoms. The van der Waals surface area contributed by atoms with E-state index in [1.54, 1.807) is 0 Å². The maximum Gasteiger partial charge on any atom is 0.172 e. The Labute approximate surface area is 81.2 Å². The van der Waals surface area contributed by atoms with Gasteiger partial charge in [-0.05, 0) is 0 Å². The van der Waals surface area contributed by atoms with Crippen molar-refractivity contribution in [3.05, 3.63) is 0 Å². The van der Waals surface area contributed by atoms with E-state index >= 15 is 0 Å². The van der Waals surface area contributed by atoms with E-state index < -0.39 is 30.8 Å². The second kappa shape index (κ2) is 4.52. The van der Waals surface area contributed by atoms with Crippen molar-refractivity contribution in [1.29, 1.82) is 0 Å². The minimum absolute atomic E-state index is 0. The van der Waals surface area contributed by atoms with Crippen LogP contribution in [-0.2, 0) is 0 Å². The lowest BCUT2D eigenvalue weighted by Crippen LogP contribution is -2.59. The predicted octanol–water partition coefficient (Wildman–Crippen LogP) is -2.88. The fourth-order valence-corrected chi connectivity index (χ4v) is 1.27. The average molecular weight is 216 g/mol. The largest absolute Gasteiger partial charge is 0.394 e. The molecule has 0 saturated carbocycles. The van der Waals surface area contributed by atoms with E-state index in [0.29, 0.717) is 0 Å². The Morgan fingerprint density at radius 2 is 2.00 bits per heavy atom. The molecule has 0 aromatic rings. The normalized spacial score (nSPS) is 41.3. The fourth-order valence-electron chi connectivity index (χ4n) is 1.27. The van der Waals surface area contributed by atoms with E-state index in [2.05, 4.69) is 5.32 Å². The van der Waals surface area contributed by atoms with Crippen LogP contribution < -0.4 is 5.32 Å². The molecular formula is C6H14ClNO5. The van der Waals surface area contributed by atoms with Crippen molar-refractivity contribution in [3.8, 4) is 0 Å². The van der Waals surface area contributed by atoms with Crippen LogP contribution in [-0.4, -0.2) is 56.3 Å². The van der Waals surface area contributed by atoms with Gasteiger partial charge in [-0.25, -0.2) is 0 Å². The minimum atomic E-state index is -2.01. The molecule has 6 N–H and O–H groups in total. The first-order chi connectivity index (χ1) is 5.50. The molecule has 80 valence electrons. The summed E-state index contributed by atoms with van der Waals surface area (Å²) in [6.45, 7) is -0.687. The molecule has 1 saturated heterocycles. The quantitative estimate of drug-likeness (QED) is 0.295. The maximum atomic E-state index is 9.47. The third-order valence-corrected chi connectivity index (χ3v) is 2.03. The molecule has 6 nitrogen and oxygen atoms in total. The van der Waals surface area contributed by atoms with Crippen LogP contribution in [0.15, 0.2) is 0 Å². The smallest absolute Gasteiger partial charge is 0.172 e. The van der Waals surface area contributed by atoms with Crippen molar-refractivity contribution in [2.24, 2.45) is 0 Å². The summed E-state index contributed by atoms with van der Waals surface area (Å²) >= 11 is 0. The molecule has 1 rings (SSSR count). The van der Waals surface area contributed by atoms with Gasteiger partial charge >= 0.3 is 0 Å². The average Bonchev–Trinajstić information content (AvgIpc) is 2.26. The highest BCUT2D eigenvalue weighted by Gasteiger charge is 2.49. The number of hydrogen-bond acceptors (Lipinski definition) is 6. The molecule has 1 aliphatic heterocycles. The Hall–Kier alpha value is 0.0500. The fraction of sp³-hybridized carbons (Fsp3) is 1.00. The lowest BCUT2D eigenvalue weighted by atomic mass is 10.0. The van der Waals surface area contributed by atoms with Gasteiger partial charge in [0.2, 0.25) is 0 Å². The highest BCUT2D eigenvalue weighted by Crippen LogP contribution is 2.23. The lowest BCUT2D eigenvalue weighted by molar-refractivity contribution is -0.158. The van der Waals surface area contributed by atoms with Gasteiger partial charge in [-0.2, -0.15) is 0 Å². The third-order valence-electron chi connectivity index (χ3n) is 2.03. The van der Waals surface area contributed by atoms with Crippen molar-refractivity contribution in [1.82, 2.24) is 5.32 Å². The van der Waals surface area contributed by atoms with Gasteiger partial charge in [0, 0.05) is 6.42 Å².